The van der Waals surface area contributed by atoms with Crippen LogP contribution >= 0.6 is 0 Å². The summed E-state index contributed by atoms with van der Waals surface area (Å²) < 4.78 is 25.1. The van der Waals surface area contributed by atoms with Gasteiger partial charge in [-0.3, -0.25) is 4.79 Å². The number of hydrogen-bond acceptors (Lipinski definition) is 8. The van der Waals surface area contributed by atoms with Gasteiger partial charge in [0.2, 0.25) is 5.95 Å². The van der Waals surface area contributed by atoms with E-state index in [-0.39, 0.29) is 10.7 Å². The highest BCUT2D eigenvalue weighted by molar-refractivity contribution is 5.95. The van der Waals surface area contributed by atoms with E-state index in [9.17, 15) is 14.1 Å². The number of nitrogens with one attached hydrogen (secondary N) is 1. The second-order valence-corrected chi connectivity index (χ2v) is 9.81. The molecule has 0 spiro atoms. The first kappa shape index (κ1) is 29.5. The number of nitrogens with zero attached hydrogens (tertiary/aromatic N) is 4. The van der Waals surface area contributed by atoms with Crippen molar-refractivity contribution in [3.8, 4) is 16.9 Å². The first-order chi connectivity index (χ1) is 18.6. The topological polar surface area (TPSA) is 96.9 Å². The van der Waals surface area contributed by atoms with Gasteiger partial charge in [0.25, 0.3) is 5.91 Å². The summed E-state index contributed by atoms with van der Waals surface area (Å²) >= 11 is 0. The summed E-state index contributed by atoms with van der Waals surface area (Å²) in [6.07, 6.45) is 3.31. The Morgan fingerprint density at radius 2 is 1.54 bits per heavy atom. The third-order valence-electron chi connectivity index (χ3n) is 5.71. The lowest BCUT2D eigenvalue weighted by molar-refractivity contribution is -0.158. The Bertz CT molecular complexity index is 1210. The molecule has 0 aliphatic rings. The number of hydrogen-bond donors (Lipinski definition) is 1. The molecule has 0 saturated heterocycles. The molecule has 208 valence electrons. The van der Waals surface area contributed by atoms with Crippen LogP contribution in [0.4, 0.5) is 16.1 Å². The molecule has 0 aliphatic carbocycles. The second-order valence-electron chi connectivity index (χ2n) is 9.81. The van der Waals surface area contributed by atoms with E-state index in [0.717, 1.165) is 42.2 Å². The number of ether oxygens (including phenoxy) is 2. The van der Waals surface area contributed by atoms with Crippen LogP contribution in [0, 0.1) is 0 Å². The Labute approximate surface area is 228 Å². The molecule has 39 heavy (non-hydrogen) atoms. The zero-order valence-electron chi connectivity index (χ0n) is 23.1. The number of anilines is 2. The van der Waals surface area contributed by atoms with E-state index in [0.29, 0.717) is 12.6 Å². The summed E-state index contributed by atoms with van der Waals surface area (Å²) in [5.74, 6) is -0.526. The SMILES string of the molecule is CCN(CC)CCOc1ccc(Nc2ncc(-c3ccc(C(=O)N(F)CC(=O)OC(C)(C)C)cc3)cn2)cc1. The normalized spacial score (nSPS) is 11.3. The third-order valence-corrected chi connectivity index (χ3v) is 5.71. The van der Waals surface area contributed by atoms with E-state index in [1.807, 2.05) is 24.3 Å². The van der Waals surface area contributed by atoms with Gasteiger partial charge in [0.15, 0.2) is 6.54 Å². The zero-order chi connectivity index (χ0) is 28.4. The molecule has 3 aromatic rings. The standard InChI is InChI=1S/C29H36FN5O4/c1-6-34(7-2)16-17-38-25-14-12-24(13-15-25)33-28-31-18-23(19-32-28)21-8-10-22(11-9-21)27(37)35(30)20-26(36)39-29(3,4)5/h8-15,18-19H,6-7,16-17,20H2,1-5H3,(H,31,32,33). The van der Waals surface area contributed by atoms with Gasteiger partial charge in [0, 0.05) is 35.8 Å². The molecule has 9 nitrogen and oxygen atoms in total. The summed E-state index contributed by atoms with van der Waals surface area (Å²) in [6, 6.07) is 13.9. The maximum absolute atomic E-state index is 14.2. The molecule has 0 unspecified atom stereocenters. The Morgan fingerprint density at radius 1 is 0.923 bits per heavy atom. The molecule has 1 amide bonds. The molecule has 0 fully saturated rings. The lowest BCUT2D eigenvalue weighted by Crippen LogP contribution is -2.34. The van der Waals surface area contributed by atoms with Crippen LogP contribution in [0.25, 0.3) is 11.1 Å². The first-order valence-corrected chi connectivity index (χ1v) is 12.9. The highest BCUT2D eigenvalue weighted by Crippen LogP contribution is 2.22. The van der Waals surface area contributed by atoms with Crippen LogP contribution in [0.2, 0.25) is 0 Å². The van der Waals surface area contributed by atoms with Gasteiger partial charge in [-0.2, -0.15) is 5.12 Å². The van der Waals surface area contributed by atoms with Crippen molar-refractivity contribution < 1.29 is 23.5 Å². The van der Waals surface area contributed by atoms with Gasteiger partial charge in [-0.1, -0.05) is 30.5 Å². The Hall–Kier alpha value is -4.05. The van der Waals surface area contributed by atoms with Gasteiger partial charge in [-0.05, 0) is 75.8 Å². The number of amides is 1. The van der Waals surface area contributed by atoms with Crippen molar-refractivity contribution in [3.05, 3.63) is 66.5 Å². The molecule has 1 aromatic heterocycles. The molecular formula is C29H36FN5O4. The lowest BCUT2D eigenvalue weighted by atomic mass is 10.1. The highest BCUT2D eigenvalue weighted by atomic mass is 19.2. The molecule has 2 aromatic carbocycles. The fraction of sp³-hybridized carbons (Fsp3) is 0.379. The quantitative estimate of drug-likeness (QED) is 0.246. The van der Waals surface area contributed by atoms with Crippen LogP contribution in [0.5, 0.6) is 5.75 Å². The Kier molecular flexibility index (Phi) is 10.3. The molecule has 1 N–H and O–H groups in total. The summed E-state index contributed by atoms with van der Waals surface area (Å²) in [4.78, 5) is 35.2. The van der Waals surface area contributed by atoms with E-state index < -0.39 is 24.0 Å². The minimum atomic E-state index is -0.927. The number of esters is 1. The van der Waals surface area contributed by atoms with Crippen LogP contribution in [0.3, 0.4) is 0 Å². The van der Waals surface area contributed by atoms with Crippen molar-refractivity contribution in [1.29, 1.82) is 0 Å². The molecule has 10 heteroatoms. The summed E-state index contributed by atoms with van der Waals surface area (Å²) in [5.41, 5.74) is 1.64. The largest absolute Gasteiger partial charge is 0.492 e. The van der Waals surface area contributed by atoms with Crippen LogP contribution < -0.4 is 10.1 Å². The van der Waals surface area contributed by atoms with Crippen LogP contribution in [-0.2, 0) is 9.53 Å². The maximum atomic E-state index is 14.2. The van der Waals surface area contributed by atoms with Gasteiger partial charge in [0.1, 0.15) is 18.0 Å². The number of benzene rings is 2. The smallest absolute Gasteiger partial charge is 0.329 e. The van der Waals surface area contributed by atoms with Gasteiger partial charge in [-0.15, -0.1) is 0 Å². The molecule has 1 heterocycles. The highest BCUT2D eigenvalue weighted by Gasteiger charge is 2.23. The van der Waals surface area contributed by atoms with E-state index in [2.05, 4.69) is 34.0 Å². The first-order valence-electron chi connectivity index (χ1n) is 12.9. The van der Waals surface area contributed by atoms with Crippen molar-refractivity contribution in [2.24, 2.45) is 0 Å². The fourth-order valence-electron chi connectivity index (χ4n) is 3.64. The van der Waals surface area contributed by atoms with E-state index in [1.54, 1.807) is 45.3 Å². The van der Waals surface area contributed by atoms with Crippen molar-refractivity contribution in [1.82, 2.24) is 20.0 Å². The number of carbonyl (C=O) groups is 2. The Morgan fingerprint density at radius 3 is 2.10 bits per heavy atom. The predicted octanol–water partition coefficient (Wildman–Crippen LogP) is 5.28. The van der Waals surface area contributed by atoms with Crippen molar-refractivity contribution in [3.63, 3.8) is 0 Å². The minimum absolute atomic E-state index is 0.101. The molecule has 3 rings (SSSR count). The van der Waals surface area contributed by atoms with Gasteiger partial charge >= 0.3 is 5.97 Å². The van der Waals surface area contributed by atoms with Gasteiger partial charge in [0.05, 0.1) is 0 Å². The predicted molar refractivity (Wildman–Crippen MR) is 148 cm³/mol. The van der Waals surface area contributed by atoms with Crippen molar-refractivity contribution in [2.45, 2.75) is 40.2 Å². The molecular weight excluding hydrogens is 501 g/mol. The van der Waals surface area contributed by atoms with Crippen molar-refractivity contribution in [2.75, 3.05) is 38.1 Å². The summed E-state index contributed by atoms with van der Waals surface area (Å²) in [6.45, 7) is 12.0. The maximum Gasteiger partial charge on any atom is 0.329 e. The molecule has 0 atom stereocenters. The third kappa shape index (κ3) is 9.33. The van der Waals surface area contributed by atoms with E-state index in [1.165, 1.54) is 12.1 Å². The number of likely N-dealkylation sites (N-methyl/N-ethyl adjacent to an activating group) is 1. The monoisotopic (exact) mass is 537 g/mol. The van der Waals surface area contributed by atoms with E-state index >= 15 is 0 Å². The minimum Gasteiger partial charge on any atom is -0.492 e. The number of carbonyl (C=O) groups excluding carboxylic acids is 2. The average molecular weight is 538 g/mol. The number of halogens is 1. The fourth-order valence-corrected chi connectivity index (χ4v) is 3.64. The van der Waals surface area contributed by atoms with Crippen LogP contribution in [0.1, 0.15) is 45.0 Å². The van der Waals surface area contributed by atoms with Crippen molar-refractivity contribution >= 4 is 23.5 Å². The second kappa shape index (κ2) is 13.7. The van der Waals surface area contributed by atoms with Crippen LogP contribution in [0.15, 0.2) is 60.9 Å². The molecule has 0 radical (unpaired) electrons. The van der Waals surface area contributed by atoms with Gasteiger partial charge in [-0.25, -0.2) is 14.8 Å². The molecule has 0 bridgehead atoms. The lowest BCUT2D eigenvalue weighted by Gasteiger charge is -2.20. The van der Waals surface area contributed by atoms with Gasteiger partial charge < -0.3 is 19.7 Å². The number of aromatic nitrogens is 2. The number of rotatable bonds is 12. The zero-order valence-corrected chi connectivity index (χ0v) is 23.1. The summed E-state index contributed by atoms with van der Waals surface area (Å²) in [7, 11) is 0. The molecule has 0 aliphatic heterocycles. The summed E-state index contributed by atoms with van der Waals surface area (Å²) in [5, 5.41) is 3.00. The van der Waals surface area contributed by atoms with E-state index in [4.69, 9.17) is 9.47 Å². The Balaban J connectivity index is 1.53. The average Bonchev–Trinajstić information content (AvgIpc) is 2.91. The molecule has 0 saturated carbocycles. The van der Waals surface area contributed by atoms with Crippen LogP contribution in [-0.4, -0.2) is 70.3 Å².